The van der Waals surface area contributed by atoms with Gasteiger partial charge in [0.15, 0.2) is 17.3 Å². The van der Waals surface area contributed by atoms with Crippen LogP contribution in [0.1, 0.15) is 11.1 Å². The third kappa shape index (κ3) is 3.04. The van der Waals surface area contributed by atoms with Crippen LogP contribution in [0.2, 0.25) is 0 Å². The molecule has 0 unspecified atom stereocenters. The van der Waals surface area contributed by atoms with Gasteiger partial charge < -0.3 is 14.4 Å². The summed E-state index contributed by atoms with van der Waals surface area (Å²) in [4.78, 5) is 0. The van der Waals surface area contributed by atoms with Crippen LogP contribution in [-0.2, 0) is 6.42 Å². The number of methoxy groups -OCH3 is 1. The van der Waals surface area contributed by atoms with E-state index in [1.165, 1.54) is 12.7 Å². The van der Waals surface area contributed by atoms with Gasteiger partial charge in [-0.05, 0) is 31.0 Å². The Hall–Kier alpha value is -3.01. The first-order valence-corrected chi connectivity index (χ1v) is 7.67. The number of phenols is 1. The predicted molar refractivity (Wildman–Crippen MR) is 94.2 cm³/mol. The normalized spacial score (nSPS) is 10.6. The van der Waals surface area contributed by atoms with Crippen LogP contribution in [0.5, 0.6) is 11.5 Å². The molecule has 0 saturated carbocycles. The lowest BCUT2D eigenvalue weighted by Crippen LogP contribution is -1.91. The molecule has 24 heavy (non-hydrogen) atoms. The number of nitrogens with zero attached hydrogens (tertiary/aromatic N) is 1. The molecular weight excluding hydrogens is 302 g/mol. The summed E-state index contributed by atoms with van der Waals surface area (Å²) >= 11 is 0. The highest BCUT2D eigenvalue weighted by Crippen LogP contribution is 2.39. The second-order valence-corrected chi connectivity index (χ2v) is 5.63. The molecule has 122 valence electrons. The SMILES string of the molecule is C=CCc1cc(OC)c(O)c(-c2cc(-c3ccc(C)cc3)on2)c1. The largest absolute Gasteiger partial charge is 0.504 e. The summed E-state index contributed by atoms with van der Waals surface area (Å²) in [7, 11) is 1.52. The summed E-state index contributed by atoms with van der Waals surface area (Å²) in [5.74, 6) is 1.11. The van der Waals surface area contributed by atoms with Gasteiger partial charge in [-0.15, -0.1) is 6.58 Å². The van der Waals surface area contributed by atoms with E-state index in [4.69, 9.17) is 9.26 Å². The summed E-state index contributed by atoms with van der Waals surface area (Å²) in [5, 5.41) is 14.5. The summed E-state index contributed by atoms with van der Waals surface area (Å²) < 4.78 is 10.7. The quantitative estimate of drug-likeness (QED) is 0.688. The van der Waals surface area contributed by atoms with Gasteiger partial charge in [-0.2, -0.15) is 0 Å². The van der Waals surface area contributed by atoms with Crippen molar-refractivity contribution in [3.8, 4) is 34.1 Å². The molecule has 1 heterocycles. The molecule has 0 aliphatic rings. The average molecular weight is 321 g/mol. The van der Waals surface area contributed by atoms with Crippen molar-refractivity contribution in [1.29, 1.82) is 0 Å². The van der Waals surface area contributed by atoms with E-state index in [2.05, 4.69) is 11.7 Å². The molecule has 3 aromatic rings. The zero-order valence-electron chi connectivity index (χ0n) is 13.7. The number of aromatic nitrogens is 1. The Kier molecular flexibility index (Phi) is 4.38. The molecule has 2 aromatic carbocycles. The van der Waals surface area contributed by atoms with Crippen molar-refractivity contribution in [3.05, 3.63) is 66.2 Å². The van der Waals surface area contributed by atoms with Crippen LogP contribution in [-0.4, -0.2) is 17.4 Å². The van der Waals surface area contributed by atoms with Gasteiger partial charge in [0.1, 0.15) is 5.69 Å². The van der Waals surface area contributed by atoms with Crippen molar-refractivity contribution in [3.63, 3.8) is 0 Å². The van der Waals surface area contributed by atoms with Crippen LogP contribution < -0.4 is 4.74 Å². The standard InChI is InChI=1S/C20H19NO3/c1-4-5-14-10-16(20(22)19(11-14)23-3)17-12-18(24-21-17)15-8-6-13(2)7-9-15/h4,6-12,22H,1,5H2,2-3H3. The lowest BCUT2D eigenvalue weighted by molar-refractivity contribution is 0.373. The maximum Gasteiger partial charge on any atom is 0.167 e. The van der Waals surface area contributed by atoms with Gasteiger partial charge in [0.05, 0.1) is 7.11 Å². The lowest BCUT2D eigenvalue weighted by atomic mass is 10.0. The minimum Gasteiger partial charge on any atom is -0.504 e. The fourth-order valence-electron chi connectivity index (χ4n) is 2.56. The van der Waals surface area contributed by atoms with Gasteiger partial charge in [-0.1, -0.05) is 41.1 Å². The van der Waals surface area contributed by atoms with Gasteiger partial charge in [-0.3, -0.25) is 0 Å². The maximum absolute atomic E-state index is 10.4. The van der Waals surface area contributed by atoms with Crippen molar-refractivity contribution in [2.45, 2.75) is 13.3 Å². The van der Waals surface area contributed by atoms with Crippen LogP contribution in [0, 0.1) is 6.92 Å². The molecule has 0 radical (unpaired) electrons. The zero-order valence-corrected chi connectivity index (χ0v) is 13.7. The van der Waals surface area contributed by atoms with Crippen molar-refractivity contribution >= 4 is 0 Å². The molecular formula is C20H19NO3. The van der Waals surface area contributed by atoms with E-state index in [9.17, 15) is 5.11 Å². The summed E-state index contributed by atoms with van der Waals surface area (Å²) in [5.41, 5.74) is 4.24. The second-order valence-electron chi connectivity index (χ2n) is 5.63. The fourth-order valence-corrected chi connectivity index (χ4v) is 2.56. The molecule has 0 bridgehead atoms. The first kappa shape index (κ1) is 15.9. The number of phenolic OH excluding ortho intramolecular Hbond substituents is 1. The average Bonchev–Trinajstić information content (AvgIpc) is 3.07. The maximum atomic E-state index is 10.4. The molecule has 0 amide bonds. The molecule has 0 saturated heterocycles. The molecule has 0 spiro atoms. The molecule has 1 aromatic heterocycles. The van der Waals surface area contributed by atoms with Crippen molar-refractivity contribution in [2.75, 3.05) is 7.11 Å². The van der Waals surface area contributed by atoms with Gasteiger partial charge in [-0.25, -0.2) is 0 Å². The summed E-state index contributed by atoms with van der Waals surface area (Å²) in [6.07, 6.45) is 2.47. The topological polar surface area (TPSA) is 55.5 Å². The van der Waals surface area contributed by atoms with E-state index in [1.54, 1.807) is 12.1 Å². The third-order valence-electron chi connectivity index (χ3n) is 3.86. The van der Waals surface area contributed by atoms with Crippen molar-refractivity contribution in [2.24, 2.45) is 0 Å². The Balaban J connectivity index is 2.04. The van der Waals surface area contributed by atoms with E-state index >= 15 is 0 Å². The van der Waals surface area contributed by atoms with Gasteiger partial charge in [0, 0.05) is 17.2 Å². The molecule has 3 rings (SSSR count). The number of rotatable bonds is 5. The molecule has 0 aliphatic heterocycles. The number of allylic oxidation sites excluding steroid dienone is 1. The minimum atomic E-state index is 0.0501. The van der Waals surface area contributed by atoms with Crippen molar-refractivity contribution in [1.82, 2.24) is 5.16 Å². The molecule has 0 fully saturated rings. The summed E-state index contributed by atoms with van der Waals surface area (Å²) in [6.45, 7) is 5.78. The predicted octanol–water partition coefficient (Wildman–Crippen LogP) is 4.76. The highest BCUT2D eigenvalue weighted by Gasteiger charge is 2.16. The number of hydrogen-bond acceptors (Lipinski definition) is 4. The van der Waals surface area contributed by atoms with Crippen LogP contribution in [0.3, 0.4) is 0 Å². The first-order valence-electron chi connectivity index (χ1n) is 7.67. The smallest absolute Gasteiger partial charge is 0.167 e. The monoisotopic (exact) mass is 321 g/mol. The zero-order chi connectivity index (χ0) is 17.1. The molecule has 4 nitrogen and oxygen atoms in total. The minimum absolute atomic E-state index is 0.0501. The number of hydrogen-bond donors (Lipinski definition) is 1. The second kappa shape index (κ2) is 6.62. The van der Waals surface area contributed by atoms with Crippen molar-refractivity contribution < 1.29 is 14.4 Å². The summed E-state index contributed by atoms with van der Waals surface area (Å²) in [6, 6.07) is 13.5. The van der Waals surface area contributed by atoms with Crippen LogP contribution in [0.15, 0.2) is 59.6 Å². The Morgan fingerprint density at radius 3 is 2.62 bits per heavy atom. The Morgan fingerprint density at radius 2 is 1.96 bits per heavy atom. The van der Waals surface area contributed by atoms with Gasteiger partial charge in [0.2, 0.25) is 0 Å². The number of aromatic hydroxyl groups is 1. The fraction of sp³-hybridized carbons (Fsp3) is 0.150. The Morgan fingerprint density at radius 1 is 1.21 bits per heavy atom. The van der Waals surface area contributed by atoms with Gasteiger partial charge in [0.25, 0.3) is 0 Å². The highest BCUT2D eigenvalue weighted by molar-refractivity contribution is 5.74. The molecule has 0 atom stereocenters. The van der Waals surface area contributed by atoms with Crippen LogP contribution in [0.25, 0.3) is 22.6 Å². The van der Waals surface area contributed by atoms with Gasteiger partial charge >= 0.3 is 0 Å². The molecule has 0 aliphatic carbocycles. The first-order chi connectivity index (χ1) is 11.6. The number of ether oxygens (including phenoxy) is 1. The van der Waals surface area contributed by atoms with E-state index in [1.807, 2.05) is 43.3 Å². The third-order valence-corrected chi connectivity index (χ3v) is 3.86. The number of benzene rings is 2. The van der Waals surface area contributed by atoms with Crippen LogP contribution >= 0.6 is 0 Å². The Bertz CT molecular complexity index is 863. The molecule has 1 N–H and O–H groups in total. The number of aryl methyl sites for hydroxylation is 1. The van der Waals surface area contributed by atoms with E-state index in [-0.39, 0.29) is 5.75 Å². The van der Waals surface area contributed by atoms with E-state index in [0.717, 1.165) is 11.1 Å². The van der Waals surface area contributed by atoms with E-state index in [0.29, 0.717) is 29.2 Å². The lowest BCUT2D eigenvalue weighted by Gasteiger charge is -2.09. The van der Waals surface area contributed by atoms with Crippen LogP contribution in [0.4, 0.5) is 0 Å². The highest BCUT2D eigenvalue weighted by atomic mass is 16.5. The van der Waals surface area contributed by atoms with E-state index < -0.39 is 0 Å². The Labute approximate surface area is 141 Å². The molecule has 4 heteroatoms.